The fourth-order valence-electron chi connectivity index (χ4n) is 2.99. The van der Waals surface area contributed by atoms with E-state index in [2.05, 4.69) is 24.1 Å². The Kier molecular flexibility index (Phi) is 2.75. The molecule has 0 radical (unpaired) electrons. The molecule has 0 aromatic carbocycles. The van der Waals surface area contributed by atoms with Crippen LogP contribution in [0.15, 0.2) is 0 Å². The number of carbonyl (C=O) groups excluding carboxylic acids is 1. The van der Waals surface area contributed by atoms with E-state index in [1.54, 1.807) is 0 Å². The van der Waals surface area contributed by atoms with Crippen molar-refractivity contribution in [3.05, 3.63) is 0 Å². The van der Waals surface area contributed by atoms with Crippen LogP contribution in [0.25, 0.3) is 0 Å². The fraction of sp³-hybridized carbons (Fsp3) is 0.917. The van der Waals surface area contributed by atoms with Crippen LogP contribution >= 0.6 is 0 Å². The highest BCUT2D eigenvalue weighted by Gasteiger charge is 2.52. The second kappa shape index (κ2) is 3.78. The van der Waals surface area contributed by atoms with Gasteiger partial charge in [0.1, 0.15) is 0 Å². The Bertz CT molecular complexity index is 256. The first kappa shape index (κ1) is 10.9. The van der Waals surface area contributed by atoms with Gasteiger partial charge in [0.2, 0.25) is 5.91 Å². The van der Waals surface area contributed by atoms with Crippen LogP contribution < -0.4 is 5.32 Å². The lowest BCUT2D eigenvalue weighted by Crippen LogP contribution is -2.60. The zero-order valence-electron chi connectivity index (χ0n) is 10.0. The van der Waals surface area contributed by atoms with Gasteiger partial charge in [0.15, 0.2) is 0 Å². The van der Waals surface area contributed by atoms with Crippen molar-refractivity contribution in [2.75, 3.05) is 20.1 Å². The Morgan fingerprint density at radius 1 is 1.33 bits per heavy atom. The van der Waals surface area contributed by atoms with E-state index >= 15 is 0 Å². The van der Waals surface area contributed by atoms with Gasteiger partial charge in [-0.1, -0.05) is 13.8 Å². The minimum Gasteiger partial charge on any atom is -0.342 e. The molecule has 1 N–H and O–H groups in total. The van der Waals surface area contributed by atoms with Gasteiger partial charge in [-0.3, -0.25) is 4.79 Å². The van der Waals surface area contributed by atoms with Crippen LogP contribution in [-0.4, -0.2) is 37.0 Å². The topological polar surface area (TPSA) is 32.3 Å². The second-order valence-electron chi connectivity index (χ2n) is 5.48. The summed E-state index contributed by atoms with van der Waals surface area (Å²) in [7, 11) is 1.99. The summed E-state index contributed by atoms with van der Waals surface area (Å²) in [5.74, 6) is 0.636. The number of nitrogens with one attached hydrogen (secondary N) is 1. The molecule has 3 heteroatoms. The number of hydrogen-bond acceptors (Lipinski definition) is 2. The third-order valence-electron chi connectivity index (χ3n) is 4.33. The minimum atomic E-state index is 0.133. The first-order chi connectivity index (χ1) is 7.07. The first-order valence-electron chi connectivity index (χ1n) is 6.03. The number of carbonyl (C=O) groups is 1. The van der Waals surface area contributed by atoms with Crippen LogP contribution in [0.2, 0.25) is 0 Å². The molecule has 1 saturated heterocycles. The van der Waals surface area contributed by atoms with E-state index in [0.29, 0.717) is 11.9 Å². The highest BCUT2D eigenvalue weighted by atomic mass is 16.2. The molecule has 2 atom stereocenters. The molecular weight excluding hydrogens is 188 g/mol. The summed E-state index contributed by atoms with van der Waals surface area (Å²) in [4.78, 5) is 14.3. The van der Waals surface area contributed by atoms with Gasteiger partial charge >= 0.3 is 0 Å². The van der Waals surface area contributed by atoms with Gasteiger partial charge in [-0.15, -0.1) is 0 Å². The zero-order chi connectivity index (χ0) is 11.1. The average Bonchev–Trinajstić information content (AvgIpc) is 2.69. The van der Waals surface area contributed by atoms with Crippen LogP contribution in [0.1, 0.15) is 33.1 Å². The van der Waals surface area contributed by atoms with Crippen LogP contribution in [0.3, 0.4) is 0 Å². The molecule has 1 amide bonds. The van der Waals surface area contributed by atoms with Crippen LogP contribution in [0.4, 0.5) is 0 Å². The molecule has 1 aliphatic carbocycles. The Balaban J connectivity index is 1.98. The molecule has 15 heavy (non-hydrogen) atoms. The van der Waals surface area contributed by atoms with Crippen molar-refractivity contribution in [1.82, 2.24) is 10.2 Å². The molecule has 2 rings (SSSR count). The molecule has 0 bridgehead atoms. The monoisotopic (exact) mass is 210 g/mol. The maximum Gasteiger partial charge on any atom is 0.226 e. The quantitative estimate of drug-likeness (QED) is 0.744. The predicted octanol–water partition coefficient (Wildman–Crippen LogP) is 1.24. The average molecular weight is 210 g/mol. The lowest BCUT2D eigenvalue weighted by atomic mass is 9.58. The van der Waals surface area contributed by atoms with Crippen LogP contribution in [0, 0.1) is 11.3 Å². The molecule has 1 saturated carbocycles. The summed E-state index contributed by atoms with van der Waals surface area (Å²) in [6.45, 7) is 6.37. The van der Waals surface area contributed by atoms with Crippen molar-refractivity contribution in [3.8, 4) is 0 Å². The lowest BCUT2D eigenvalue weighted by Gasteiger charge is -2.52. The van der Waals surface area contributed by atoms with Crippen molar-refractivity contribution in [2.45, 2.75) is 39.2 Å². The highest BCUT2D eigenvalue weighted by Crippen LogP contribution is 2.47. The third-order valence-corrected chi connectivity index (χ3v) is 4.33. The zero-order valence-corrected chi connectivity index (χ0v) is 10.0. The van der Waals surface area contributed by atoms with Crippen molar-refractivity contribution in [2.24, 2.45) is 11.3 Å². The molecule has 2 aliphatic rings. The molecular formula is C12H22N2O. The summed E-state index contributed by atoms with van der Waals surface area (Å²) in [6, 6.07) is 0.508. The summed E-state index contributed by atoms with van der Waals surface area (Å²) >= 11 is 0. The number of amides is 1. The predicted molar refractivity (Wildman–Crippen MR) is 60.5 cm³/mol. The molecule has 2 fully saturated rings. The van der Waals surface area contributed by atoms with Crippen molar-refractivity contribution < 1.29 is 4.79 Å². The number of nitrogens with zero attached hydrogens (tertiary/aromatic N) is 1. The highest BCUT2D eigenvalue weighted by molar-refractivity contribution is 5.81. The lowest BCUT2D eigenvalue weighted by molar-refractivity contribution is -0.147. The summed E-state index contributed by atoms with van der Waals surface area (Å²) in [5, 5.41) is 3.30. The SMILES string of the molecule is CNC1C[C@H](C(=O)N2CCCC2)C1(C)C. The summed E-state index contributed by atoms with van der Waals surface area (Å²) in [5.41, 5.74) is 0.133. The standard InChI is InChI=1S/C12H22N2O/c1-12(2)9(8-10(12)13-3)11(15)14-6-4-5-7-14/h9-10,13H,4-8H2,1-3H3/t9-,10?/m1/s1. The normalized spacial score (nSPS) is 33.9. The molecule has 1 heterocycles. The number of likely N-dealkylation sites (tertiary alicyclic amines) is 1. The van der Waals surface area contributed by atoms with Gasteiger partial charge in [0.25, 0.3) is 0 Å². The molecule has 1 unspecified atom stereocenters. The van der Waals surface area contributed by atoms with Crippen LogP contribution in [0.5, 0.6) is 0 Å². The fourth-order valence-corrected chi connectivity index (χ4v) is 2.99. The molecule has 1 aliphatic heterocycles. The van der Waals surface area contributed by atoms with E-state index in [9.17, 15) is 4.79 Å². The Hall–Kier alpha value is -0.570. The second-order valence-corrected chi connectivity index (χ2v) is 5.48. The van der Waals surface area contributed by atoms with Crippen molar-refractivity contribution >= 4 is 5.91 Å². The van der Waals surface area contributed by atoms with Crippen molar-refractivity contribution in [1.29, 1.82) is 0 Å². The maximum absolute atomic E-state index is 12.2. The number of rotatable bonds is 2. The minimum absolute atomic E-state index is 0.133. The Morgan fingerprint density at radius 2 is 1.93 bits per heavy atom. The Labute approximate surface area is 92.2 Å². The summed E-state index contributed by atoms with van der Waals surface area (Å²) in [6.07, 6.45) is 3.39. The van der Waals surface area contributed by atoms with E-state index in [1.165, 1.54) is 12.8 Å². The first-order valence-corrected chi connectivity index (χ1v) is 6.03. The molecule has 0 spiro atoms. The molecule has 86 valence electrons. The van der Waals surface area contributed by atoms with Crippen molar-refractivity contribution in [3.63, 3.8) is 0 Å². The van der Waals surface area contributed by atoms with E-state index in [4.69, 9.17) is 0 Å². The van der Waals surface area contributed by atoms with E-state index in [0.717, 1.165) is 19.5 Å². The van der Waals surface area contributed by atoms with E-state index < -0.39 is 0 Å². The number of hydrogen-bond donors (Lipinski definition) is 1. The third kappa shape index (κ3) is 1.67. The van der Waals surface area contributed by atoms with E-state index in [1.807, 2.05) is 7.05 Å². The van der Waals surface area contributed by atoms with Gasteiger partial charge in [-0.05, 0) is 31.7 Å². The largest absolute Gasteiger partial charge is 0.342 e. The van der Waals surface area contributed by atoms with Gasteiger partial charge in [0, 0.05) is 25.0 Å². The van der Waals surface area contributed by atoms with Gasteiger partial charge < -0.3 is 10.2 Å². The molecule has 0 aromatic heterocycles. The maximum atomic E-state index is 12.2. The molecule has 0 aromatic rings. The van der Waals surface area contributed by atoms with Gasteiger partial charge in [-0.25, -0.2) is 0 Å². The summed E-state index contributed by atoms with van der Waals surface area (Å²) < 4.78 is 0. The Morgan fingerprint density at radius 3 is 2.40 bits per heavy atom. The molecule has 3 nitrogen and oxygen atoms in total. The van der Waals surface area contributed by atoms with Gasteiger partial charge in [0.05, 0.1) is 0 Å². The smallest absolute Gasteiger partial charge is 0.226 e. The van der Waals surface area contributed by atoms with Crippen LogP contribution in [-0.2, 0) is 4.79 Å². The van der Waals surface area contributed by atoms with Gasteiger partial charge in [-0.2, -0.15) is 0 Å². The van der Waals surface area contributed by atoms with E-state index in [-0.39, 0.29) is 11.3 Å².